The van der Waals surface area contributed by atoms with E-state index in [9.17, 15) is 9.59 Å². The summed E-state index contributed by atoms with van der Waals surface area (Å²) in [5, 5.41) is 7.63. The van der Waals surface area contributed by atoms with Gasteiger partial charge in [-0.25, -0.2) is 4.98 Å². The molecule has 0 atom stereocenters. The Morgan fingerprint density at radius 3 is 1.93 bits per heavy atom. The third-order valence-electron chi connectivity index (χ3n) is 4.23. The van der Waals surface area contributed by atoms with Gasteiger partial charge in [-0.1, -0.05) is 30.3 Å². The average Bonchev–Trinajstić information content (AvgIpc) is 2.66. The van der Waals surface area contributed by atoms with Gasteiger partial charge in [0.15, 0.2) is 0 Å². The number of nitrogens with zero attached hydrogens (tertiary/aromatic N) is 1. The summed E-state index contributed by atoms with van der Waals surface area (Å²) in [6, 6.07) is 22.4. The fourth-order valence-corrected chi connectivity index (χ4v) is 2.97. The number of nitrogens with one attached hydrogen (secondary N) is 2. The molecule has 1 aromatic heterocycles. The number of hydrogen-bond acceptors (Lipinski definition) is 3. The van der Waals surface area contributed by atoms with Gasteiger partial charge in [-0.15, -0.1) is 0 Å². The molecule has 5 heteroatoms. The smallest absolute Gasteiger partial charge is 0.255 e. The van der Waals surface area contributed by atoms with Gasteiger partial charge >= 0.3 is 0 Å². The molecule has 5 nitrogen and oxygen atoms in total. The number of anilines is 2. The highest BCUT2D eigenvalue weighted by Crippen LogP contribution is 2.25. The van der Waals surface area contributed by atoms with Gasteiger partial charge in [0.05, 0.1) is 11.0 Å². The lowest BCUT2D eigenvalue weighted by Crippen LogP contribution is -2.11. The zero-order chi connectivity index (χ0) is 18.8. The van der Waals surface area contributed by atoms with Crippen LogP contribution in [0, 0.1) is 0 Å². The summed E-state index contributed by atoms with van der Waals surface area (Å²) in [7, 11) is 0. The molecular weight excluding hydrogens is 338 g/mol. The Balaban J connectivity index is 1.68. The summed E-state index contributed by atoms with van der Waals surface area (Å²) < 4.78 is 0. The second-order valence-electron chi connectivity index (χ2n) is 6.30. The van der Waals surface area contributed by atoms with Crippen molar-refractivity contribution < 1.29 is 9.59 Å². The third-order valence-corrected chi connectivity index (χ3v) is 4.23. The van der Waals surface area contributed by atoms with Crippen LogP contribution in [0.5, 0.6) is 0 Å². The third kappa shape index (κ3) is 3.62. The van der Waals surface area contributed by atoms with E-state index in [0.29, 0.717) is 16.9 Å². The van der Waals surface area contributed by atoms with Crippen molar-refractivity contribution in [3.05, 3.63) is 78.4 Å². The molecule has 27 heavy (non-hydrogen) atoms. The average molecular weight is 355 g/mol. The highest BCUT2D eigenvalue weighted by molar-refractivity contribution is 6.05. The Morgan fingerprint density at radius 1 is 0.741 bits per heavy atom. The maximum Gasteiger partial charge on any atom is 0.255 e. The molecule has 0 aliphatic heterocycles. The van der Waals surface area contributed by atoms with Crippen molar-refractivity contribution in [2.45, 2.75) is 6.92 Å². The topological polar surface area (TPSA) is 71.1 Å². The number of aromatic nitrogens is 1. The second-order valence-corrected chi connectivity index (χ2v) is 6.30. The summed E-state index contributed by atoms with van der Waals surface area (Å²) >= 11 is 0. The minimum atomic E-state index is -0.163. The molecule has 132 valence electrons. The summed E-state index contributed by atoms with van der Waals surface area (Å²) in [5.74, 6) is -0.287. The number of fused-ring (bicyclic) bond motifs is 2. The van der Waals surface area contributed by atoms with E-state index in [-0.39, 0.29) is 11.8 Å². The zero-order valence-electron chi connectivity index (χ0n) is 14.7. The lowest BCUT2D eigenvalue weighted by molar-refractivity contribution is -0.114. The van der Waals surface area contributed by atoms with Crippen LogP contribution in [0.15, 0.2) is 72.8 Å². The van der Waals surface area contributed by atoms with Crippen molar-refractivity contribution in [3.8, 4) is 0 Å². The van der Waals surface area contributed by atoms with E-state index in [1.807, 2.05) is 60.7 Å². The van der Waals surface area contributed by atoms with Crippen LogP contribution in [-0.2, 0) is 4.79 Å². The quantitative estimate of drug-likeness (QED) is 0.528. The van der Waals surface area contributed by atoms with Crippen molar-refractivity contribution in [2.75, 3.05) is 10.6 Å². The van der Waals surface area contributed by atoms with Gasteiger partial charge in [0.1, 0.15) is 0 Å². The Morgan fingerprint density at radius 2 is 1.33 bits per heavy atom. The molecule has 0 saturated heterocycles. The lowest BCUT2D eigenvalue weighted by Gasteiger charge is -2.08. The molecule has 0 spiro atoms. The van der Waals surface area contributed by atoms with Gasteiger partial charge in [0.25, 0.3) is 5.91 Å². The first-order chi connectivity index (χ1) is 13.1. The van der Waals surface area contributed by atoms with Crippen LogP contribution in [0.1, 0.15) is 17.3 Å². The monoisotopic (exact) mass is 355 g/mol. The number of amides is 2. The molecule has 0 fully saturated rings. The number of benzene rings is 3. The van der Waals surface area contributed by atoms with Crippen LogP contribution in [0.3, 0.4) is 0 Å². The van der Waals surface area contributed by atoms with E-state index < -0.39 is 0 Å². The highest BCUT2D eigenvalue weighted by atomic mass is 16.2. The fourth-order valence-electron chi connectivity index (χ4n) is 2.97. The minimum Gasteiger partial charge on any atom is -0.326 e. The van der Waals surface area contributed by atoms with Crippen molar-refractivity contribution in [2.24, 2.45) is 0 Å². The SMILES string of the molecule is CC(=O)Nc1ccc2cc3ccc(NC(=O)c4ccccc4)cc3nc2c1. The van der Waals surface area contributed by atoms with E-state index in [1.54, 1.807) is 12.1 Å². The number of pyridine rings is 1. The van der Waals surface area contributed by atoms with E-state index in [2.05, 4.69) is 15.6 Å². The molecular formula is C22H17N3O2. The largest absolute Gasteiger partial charge is 0.326 e. The molecule has 2 N–H and O–H groups in total. The van der Waals surface area contributed by atoms with Crippen LogP contribution < -0.4 is 10.6 Å². The Labute approximate surface area is 156 Å². The Hall–Kier alpha value is -3.73. The van der Waals surface area contributed by atoms with Crippen LogP contribution >= 0.6 is 0 Å². The summed E-state index contributed by atoms with van der Waals surface area (Å²) in [6.07, 6.45) is 0. The molecule has 0 aliphatic rings. The van der Waals surface area contributed by atoms with Gasteiger partial charge in [-0.05, 0) is 42.5 Å². The summed E-state index contributed by atoms with van der Waals surface area (Å²) in [4.78, 5) is 28.3. The molecule has 0 saturated carbocycles. The summed E-state index contributed by atoms with van der Waals surface area (Å²) in [5.41, 5.74) is 3.54. The van der Waals surface area contributed by atoms with Crippen molar-refractivity contribution in [1.29, 1.82) is 0 Å². The molecule has 3 aromatic carbocycles. The van der Waals surface area contributed by atoms with Gasteiger partial charge in [-0.3, -0.25) is 9.59 Å². The van der Waals surface area contributed by atoms with Gasteiger partial charge in [0.2, 0.25) is 5.91 Å². The van der Waals surface area contributed by atoms with Crippen LogP contribution in [0.25, 0.3) is 21.8 Å². The Bertz CT molecular complexity index is 1170. The molecule has 2 amide bonds. The van der Waals surface area contributed by atoms with Crippen LogP contribution in [-0.4, -0.2) is 16.8 Å². The molecule has 0 aliphatic carbocycles. The van der Waals surface area contributed by atoms with Gasteiger partial charge in [-0.2, -0.15) is 0 Å². The molecule has 1 heterocycles. The molecule has 4 aromatic rings. The van der Waals surface area contributed by atoms with Gasteiger partial charge < -0.3 is 10.6 Å². The summed E-state index contributed by atoms with van der Waals surface area (Å²) in [6.45, 7) is 1.47. The lowest BCUT2D eigenvalue weighted by atomic mass is 10.1. The number of hydrogen-bond donors (Lipinski definition) is 2. The van der Waals surface area contributed by atoms with Crippen LogP contribution in [0.4, 0.5) is 11.4 Å². The first-order valence-corrected chi connectivity index (χ1v) is 8.57. The first-order valence-electron chi connectivity index (χ1n) is 8.57. The highest BCUT2D eigenvalue weighted by Gasteiger charge is 2.07. The molecule has 0 radical (unpaired) electrons. The van der Waals surface area contributed by atoms with Gasteiger partial charge in [0, 0.05) is 34.6 Å². The number of rotatable bonds is 3. The molecule has 0 bridgehead atoms. The minimum absolute atomic E-state index is 0.124. The number of carbonyl (C=O) groups excluding carboxylic acids is 2. The molecule has 4 rings (SSSR count). The van der Waals surface area contributed by atoms with Crippen molar-refractivity contribution in [1.82, 2.24) is 4.98 Å². The predicted molar refractivity (Wildman–Crippen MR) is 108 cm³/mol. The maximum absolute atomic E-state index is 12.3. The predicted octanol–water partition coefficient (Wildman–Crippen LogP) is 4.60. The first kappa shape index (κ1) is 16.7. The standard InChI is InChI=1S/C22H17N3O2/c1-14(26)23-18-9-7-16-11-17-8-10-19(13-21(17)25-20(16)12-18)24-22(27)15-5-3-2-4-6-15/h2-13H,1H3,(H,23,26)(H,24,27). The van der Waals surface area contributed by atoms with E-state index in [4.69, 9.17) is 0 Å². The Kier molecular flexibility index (Phi) is 4.26. The molecule has 0 unspecified atom stereocenters. The van der Waals surface area contributed by atoms with Crippen molar-refractivity contribution in [3.63, 3.8) is 0 Å². The zero-order valence-corrected chi connectivity index (χ0v) is 14.7. The van der Waals surface area contributed by atoms with E-state index in [0.717, 1.165) is 21.8 Å². The number of carbonyl (C=O) groups is 2. The van der Waals surface area contributed by atoms with Crippen molar-refractivity contribution >= 4 is 45.0 Å². The van der Waals surface area contributed by atoms with E-state index in [1.165, 1.54) is 6.92 Å². The maximum atomic E-state index is 12.3. The second kappa shape index (κ2) is 6.88. The normalized spacial score (nSPS) is 10.7. The van der Waals surface area contributed by atoms with E-state index >= 15 is 0 Å². The van der Waals surface area contributed by atoms with Crippen LogP contribution in [0.2, 0.25) is 0 Å². The fraction of sp³-hybridized carbons (Fsp3) is 0.0455.